The predicted octanol–water partition coefficient (Wildman–Crippen LogP) is -0.413. The summed E-state index contributed by atoms with van der Waals surface area (Å²) in [6, 6.07) is -0.754. The quantitative estimate of drug-likeness (QED) is 0.684. The monoisotopic (exact) mass is 228 g/mol. The zero-order valence-corrected chi connectivity index (χ0v) is 9.40. The minimum absolute atomic E-state index is 0.155. The van der Waals surface area contributed by atoms with Gasteiger partial charge < -0.3 is 15.3 Å². The Morgan fingerprint density at radius 3 is 2.56 bits per heavy atom. The molecule has 1 heterocycles. The van der Waals surface area contributed by atoms with Gasteiger partial charge in [0.1, 0.15) is 12.6 Å². The van der Waals surface area contributed by atoms with Crippen LogP contribution in [0.5, 0.6) is 0 Å². The number of carbonyl (C=O) groups is 3. The standard InChI is InChI=1S/C10H16N2O4/c1-6(2)12(5-9(14)15)10(16)7-3-4-8(13)11-7/h6-7H,3-5H2,1-2H3,(H,11,13)(H,14,15)/t7-/m0/s1. The lowest BCUT2D eigenvalue weighted by atomic mass is 10.1. The van der Waals surface area contributed by atoms with Crippen molar-refractivity contribution in [3.63, 3.8) is 0 Å². The van der Waals surface area contributed by atoms with E-state index in [-0.39, 0.29) is 24.4 Å². The number of hydrogen-bond donors (Lipinski definition) is 2. The van der Waals surface area contributed by atoms with Crippen molar-refractivity contribution >= 4 is 17.8 Å². The number of amides is 2. The van der Waals surface area contributed by atoms with Crippen molar-refractivity contribution in [2.24, 2.45) is 0 Å². The van der Waals surface area contributed by atoms with Gasteiger partial charge in [0.2, 0.25) is 11.8 Å². The molecule has 0 aliphatic carbocycles. The Bertz CT molecular complexity index is 314. The largest absolute Gasteiger partial charge is 0.480 e. The predicted molar refractivity (Wildman–Crippen MR) is 55.6 cm³/mol. The molecule has 1 aliphatic heterocycles. The van der Waals surface area contributed by atoms with Crippen LogP contribution in [0.2, 0.25) is 0 Å². The van der Waals surface area contributed by atoms with E-state index in [4.69, 9.17) is 5.11 Å². The SMILES string of the molecule is CC(C)N(CC(=O)O)C(=O)[C@@H]1CCC(=O)N1. The molecule has 1 aliphatic rings. The van der Waals surface area contributed by atoms with Gasteiger partial charge in [-0.05, 0) is 20.3 Å². The normalized spacial score (nSPS) is 19.7. The van der Waals surface area contributed by atoms with E-state index >= 15 is 0 Å². The summed E-state index contributed by atoms with van der Waals surface area (Å²) in [6.45, 7) is 3.16. The van der Waals surface area contributed by atoms with Crippen LogP contribution in [-0.4, -0.2) is 46.4 Å². The highest BCUT2D eigenvalue weighted by atomic mass is 16.4. The fourth-order valence-corrected chi connectivity index (χ4v) is 1.66. The van der Waals surface area contributed by atoms with E-state index in [2.05, 4.69) is 5.32 Å². The highest BCUT2D eigenvalue weighted by Gasteiger charge is 2.32. The van der Waals surface area contributed by atoms with Gasteiger partial charge in [-0.25, -0.2) is 0 Å². The Labute approximate surface area is 93.6 Å². The molecule has 0 saturated carbocycles. The summed E-state index contributed by atoms with van der Waals surface area (Å²) in [5.74, 6) is -1.52. The van der Waals surface area contributed by atoms with E-state index in [0.717, 1.165) is 0 Å². The number of aliphatic carboxylic acids is 1. The van der Waals surface area contributed by atoms with Crippen LogP contribution in [-0.2, 0) is 14.4 Å². The van der Waals surface area contributed by atoms with Crippen molar-refractivity contribution in [1.82, 2.24) is 10.2 Å². The minimum atomic E-state index is -1.05. The van der Waals surface area contributed by atoms with Gasteiger partial charge in [-0.3, -0.25) is 14.4 Å². The van der Waals surface area contributed by atoms with Gasteiger partial charge >= 0.3 is 5.97 Å². The van der Waals surface area contributed by atoms with Crippen molar-refractivity contribution in [3.05, 3.63) is 0 Å². The molecule has 0 aromatic carbocycles. The molecule has 0 spiro atoms. The zero-order chi connectivity index (χ0) is 12.3. The lowest BCUT2D eigenvalue weighted by Gasteiger charge is -2.27. The summed E-state index contributed by atoms with van der Waals surface area (Å²) in [5, 5.41) is 11.2. The topological polar surface area (TPSA) is 86.7 Å². The van der Waals surface area contributed by atoms with Crippen molar-refractivity contribution in [2.45, 2.75) is 38.8 Å². The second kappa shape index (κ2) is 4.96. The second-order valence-electron chi connectivity index (χ2n) is 4.11. The number of carboxylic acids is 1. The van der Waals surface area contributed by atoms with Crippen molar-refractivity contribution in [1.29, 1.82) is 0 Å². The second-order valence-corrected chi connectivity index (χ2v) is 4.11. The fraction of sp³-hybridized carbons (Fsp3) is 0.700. The third-order valence-corrected chi connectivity index (χ3v) is 2.51. The van der Waals surface area contributed by atoms with E-state index in [9.17, 15) is 14.4 Å². The number of hydrogen-bond acceptors (Lipinski definition) is 3. The molecule has 0 unspecified atom stereocenters. The van der Waals surface area contributed by atoms with Crippen LogP contribution in [0.25, 0.3) is 0 Å². The van der Waals surface area contributed by atoms with Crippen molar-refractivity contribution in [2.75, 3.05) is 6.54 Å². The molecule has 1 atom stereocenters. The highest BCUT2D eigenvalue weighted by molar-refractivity contribution is 5.92. The molecule has 0 radical (unpaired) electrons. The van der Waals surface area contributed by atoms with E-state index in [1.54, 1.807) is 13.8 Å². The Morgan fingerprint density at radius 2 is 2.19 bits per heavy atom. The maximum Gasteiger partial charge on any atom is 0.323 e. The molecular weight excluding hydrogens is 212 g/mol. The molecule has 0 aromatic rings. The van der Waals surface area contributed by atoms with Crippen LogP contribution in [0.4, 0.5) is 0 Å². The Morgan fingerprint density at radius 1 is 1.56 bits per heavy atom. The molecule has 1 fully saturated rings. The van der Waals surface area contributed by atoms with Crippen LogP contribution in [0.3, 0.4) is 0 Å². The first-order chi connectivity index (χ1) is 7.41. The smallest absolute Gasteiger partial charge is 0.323 e. The summed E-state index contributed by atoms with van der Waals surface area (Å²) in [4.78, 5) is 34.8. The molecular formula is C10H16N2O4. The molecule has 0 aromatic heterocycles. The first kappa shape index (κ1) is 12.5. The van der Waals surface area contributed by atoms with Gasteiger partial charge in [-0.1, -0.05) is 0 Å². The van der Waals surface area contributed by atoms with Crippen molar-refractivity contribution in [3.8, 4) is 0 Å². The maximum absolute atomic E-state index is 11.9. The van der Waals surface area contributed by atoms with Gasteiger partial charge in [-0.2, -0.15) is 0 Å². The lowest BCUT2D eigenvalue weighted by molar-refractivity contribution is -0.146. The molecule has 16 heavy (non-hydrogen) atoms. The summed E-state index contributed by atoms with van der Waals surface area (Å²) in [7, 11) is 0. The molecule has 2 N–H and O–H groups in total. The fourth-order valence-electron chi connectivity index (χ4n) is 1.66. The summed E-state index contributed by atoms with van der Waals surface area (Å²) in [6.07, 6.45) is 0.774. The van der Waals surface area contributed by atoms with E-state index in [1.807, 2.05) is 0 Å². The summed E-state index contributed by atoms with van der Waals surface area (Å²) < 4.78 is 0. The summed E-state index contributed by atoms with van der Waals surface area (Å²) in [5.41, 5.74) is 0. The number of nitrogens with one attached hydrogen (secondary N) is 1. The van der Waals surface area contributed by atoms with Gasteiger partial charge in [0.25, 0.3) is 0 Å². The molecule has 2 amide bonds. The van der Waals surface area contributed by atoms with Crippen LogP contribution < -0.4 is 5.32 Å². The average Bonchev–Trinajstić information content (AvgIpc) is 2.59. The first-order valence-electron chi connectivity index (χ1n) is 5.23. The number of rotatable bonds is 4. The van der Waals surface area contributed by atoms with E-state index in [1.165, 1.54) is 4.90 Å². The van der Waals surface area contributed by atoms with Crippen LogP contribution in [0.1, 0.15) is 26.7 Å². The van der Waals surface area contributed by atoms with E-state index < -0.39 is 12.0 Å². The van der Waals surface area contributed by atoms with Gasteiger partial charge in [0.05, 0.1) is 0 Å². The molecule has 1 saturated heterocycles. The zero-order valence-electron chi connectivity index (χ0n) is 9.40. The summed E-state index contributed by atoms with van der Waals surface area (Å²) >= 11 is 0. The lowest BCUT2D eigenvalue weighted by Crippen LogP contribution is -2.49. The van der Waals surface area contributed by atoms with Crippen LogP contribution in [0, 0.1) is 0 Å². The highest BCUT2D eigenvalue weighted by Crippen LogP contribution is 2.11. The molecule has 1 rings (SSSR count). The van der Waals surface area contributed by atoms with E-state index in [0.29, 0.717) is 12.8 Å². The maximum atomic E-state index is 11.9. The molecule has 90 valence electrons. The molecule has 6 heteroatoms. The van der Waals surface area contributed by atoms with Crippen LogP contribution in [0.15, 0.2) is 0 Å². The Hall–Kier alpha value is -1.59. The minimum Gasteiger partial charge on any atom is -0.480 e. The average molecular weight is 228 g/mol. The number of carboxylic acid groups (broad SMARTS) is 1. The van der Waals surface area contributed by atoms with Gasteiger partial charge in [0, 0.05) is 12.5 Å². The number of nitrogens with zero attached hydrogens (tertiary/aromatic N) is 1. The Kier molecular flexibility index (Phi) is 3.87. The third kappa shape index (κ3) is 2.95. The number of carbonyl (C=O) groups excluding carboxylic acids is 2. The van der Waals surface area contributed by atoms with Crippen LogP contribution >= 0.6 is 0 Å². The van der Waals surface area contributed by atoms with Gasteiger partial charge in [0.15, 0.2) is 0 Å². The molecule has 0 bridgehead atoms. The first-order valence-corrected chi connectivity index (χ1v) is 5.23. The third-order valence-electron chi connectivity index (χ3n) is 2.51. The van der Waals surface area contributed by atoms with Crippen molar-refractivity contribution < 1.29 is 19.5 Å². The molecule has 6 nitrogen and oxygen atoms in total. The van der Waals surface area contributed by atoms with Gasteiger partial charge in [-0.15, -0.1) is 0 Å². The Balaban J connectivity index is 2.67.